The maximum atomic E-state index is 12.5. The van der Waals surface area contributed by atoms with Crippen LogP contribution < -0.4 is 15.0 Å². The van der Waals surface area contributed by atoms with Crippen LogP contribution in [0.3, 0.4) is 0 Å². The fourth-order valence-electron chi connectivity index (χ4n) is 2.96. The largest absolute Gasteiger partial charge is 0.494 e. The number of anilines is 2. The molecule has 1 fully saturated rings. The number of ether oxygens (including phenoxy) is 1. The average Bonchev–Trinajstić information content (AvgIpc) is 3.04. The Hall–Kier alpha value is -2.82. The van der Waals surface area contributed by atoms with Crippen molar-refractivity contribution in [3.8, 4) is 5.75 Å². The summed E-state index contributed by atoms with van der Waals surface area (Å²) in [5.74, 6) is 0.291. The highest BCUT2D eigenvalue weighted by atomic mass is 16.5. The second kappa shape index (κ2) is 8.04. The molecule has 1 aliphatic heterocycles. The van der Waals surface area contributed by atoms with Crippen LogP contribution in [-0.2, 0) is 9.59 Å². The lowest BCUT2D eigenvalue weighted by atomic mass is 10.1. The molecule has 1 heterocycles. The minimum Gasteiger partial charge on any atom is -0.494 e. The van der Waals surface area contributed by atoms with Crippen LogP contribution in [-0.4, -0.2) is 25.0 Å². The Morgan fingerprint density at radius 2 is 1.85 bits per heavy atom. The molecule has 2 aromatic carbocycles. The van der Waals surface area contributed by atoms with Crippen molar-refractivity contribution in [1.29, 1.82) is 0 Å². The molecule has 1 atom stereocenters. The number of nitrogens with zero attached hydrogens (tertiary/aromatic N) is 1. The minimum atomic E-state index is -0.347. The number of carbonyl (C=O) groups is 2. The van der Waals surface area contributed by atoms with Gasteiger partial charge in [-0.15, -0.1) is 0 Å². The summed E-state index contributed by atoms with van der Waals surface area (Å²) >= 11 is 0. The van der Waals surface area contributed by atoms with E-state index in [1.54, 1.807) is 4.90 Å². The third kappa shape index (κ3) is 4.23. The molecule has 0 aromatic heterocycles. The van der Waals surface area contributed by atoms with Crippen LogP contribution in [0.1, 0.15) is 25.3 Å². The van der Waals surface area contributed by atoms with Gasteiger partial charge in [0.15, 0.2) is 0 Å². The number of hydrogen-bond acceptors (Lipinski definition) is 3. The molecule has 5 nitrogen and oxygen atoms in total. The standard InChI is InChI=1S/C21H24N2O3/c1-3-12-26-19-10-6-17(7-11-19)22-21(25)16-13-20(24)23(14-16)18-8-4-15(2)5-9-18/h4-11,16H,3,12-14H2,1-2H3,(H,22,25). The molecule has 0 spiro atoms. The van der Waals surface area contributed by atoms with Crippen molar-refractivity contribution in [2.45, 2.75) is 26.7 Å². The van der Waals surface area contributed by atoms with E-state index in [-0.39, 0.29) is 24.2 Å². The Balaban J connectivity index is 1.60. The Labute approximate surface area is 154 Å². The van der Waals surface area contributed by atoms with Crippen molar-refractivity contribution in [2.24, 2.45) is 5.92 Å². The molecule has 26 heavy (non-hydrogen) atoms. The summed E-state index contributed by atoms with van der Waals surface area (Å²) in [4.78, 5) is 26.5. The van der Waals surface area contributed by atoms with Crippen molar-refractivity contribution in [3.05, 3.63) is 54.1 Å². The smallest absolute Gasteiger partial charge is 0.229 e. The Morgan fingerprint density at radius 1 is 1.15 bits per heavy atom. The lowest BCUT2D eigenvalue weighted by Gasteiger charge is -2.17. The minimum absolute atomic E-state index is 0.0164. The molecule has 2 aromatic rings. The number of nitrogens with one attached hydrogen (secondary N) is 1. The zero-order chi connectivity index (χ0) is 18.5. The van der Waals surface area contributed by atoms with Crippen LogP contribution in [0.2, 0.25) is 0 Å². The highest BCUT2D eigenvalue weighted by Gasteiger charge is 2.35. The molecule has 0 aliphatic carbocycles. The zero-order valence-corrected chi connectivity index (χ0v) is 15.2. The Kier molecular flexibility index (Phi) is 5.56. The van der Waals surface area contributed by atoms with Gasteiger partial charge in [-0.3, -0.25) is 9.59 Å². The molecule has 2 amide bonds. The number of carbonyl (C=O) groups excluding carboxylic acids is 2. The zero-order valence-electron chi connectivity index (χ0n) is 15.2. The predicted molar refractivity (Wildman–Crippen MR) is 102 cm³/mol. The van der Waals surface area contributed by atoms with Crippen LogP contribution in [0.25, 0.3) is 0 Å². The van der Waals surface area contributed by atoms with E-state index in [1.165, 1.54) is 0 Å². The number of rotatable bonds is 6. The molecule has 0 bridgehead atoms. The SMILES string of the molecule is CCCOc1ccc(NC(=O)C2CC(=O)N(c3ccc(C)cc3)C2)cc1. The molecule has 3 rings (SSSR count). The first-order chi connectivity index (χ1) is 12.6. The maximum absolute atomic E-state index is 12.5. The van der Waals surface area contributed by atoms with Gasteiger partial charge in [-0.1, -0.05) is 24.6 Å². The average molecular weight is 352 g/mol. The maximum Gasteiger partial charge on any atom is 0.229 e. The van der Waals surface area contributed by atoms with Crippen molar-refractivity contribution in [1.82, 2.24) is 0 Å². The molecule has 5 heteroatoms. The summed E-state index contributed by atoms with van der Waals surface area (Å²) in [7, 11) is 0. The fourth-order valence-corrected chi connectivity index (χ4v) is 2.96. The quantitative estimate of drug-likeness (QED) is 0.861. The third-order valence-corrected chi connectivity index (χ3v) is 4.44. The normalized spacial score (nSPS) is 16.6. The molecule has 0 saturated carbocycles. The number of amides is 2. The molecular weight excluding hydrogens is 328 g/mol. The Morgan fingerprint density at radius 3 is 2.50 bits per heavy atom. The summed E-state index contributed by atoms with van der Waals surface area (Å²) in [6.45, 7) is 5.14. The first-order valence-electron chi connectivity index (χ1n) is 8.97. The molecule has 0 radical (unpaired) electrons. The summed E-state index contributed by atoms with van der Waals surface area (Å²) in [6.07, 6.45) is 1.18. The van der Waals surface area contributed by atoms with Crippen LogP contribution in [0.15, 0.2) is 48.5 Å². The van der Waals surface area contributed by atoms with Crippen molar-refractivity contribution >= 4 is 23.2 Å². The highest BCUT2D eigenvalue weighted by Crippen LogP contribution is 2.26. The lowest BCUT2D eigenvalue weighted by molar-refractivity contribution is -0.122. The second-order valence-electron chi connectivity index (χ2n) is 6.60. The molecule has 1 saturated heterocycles. The lowest BCUT2D eigenvalue weighted by Crippen LogP contribution is -2.28. The van der Waals surface area contributed by atoms with Crippen LogP contribution >= 0.6 is 0 Å². The van der Waals surface area contributed by atoms with E-state index in [0.29, 0.717) is 18.8 Å². The van der Waals surface area contributed by atoms with E-state index in [4.69, 9.17) is 4.74 Å². The molecular formula is C21H24N2O3. The molecule has 1 N–H and O–H groups in total. The van der Waals surface area contributed by atoms with Gasteiger partial charge in [-0.2, -0.15) is 0 Å². The van der Waals surface area contributed by atoms with E-state index in [9.17, 15) is 9.59 Å². The first-order valence-corrected chi connectivity index (χ1v) is 8.97. The summed E-state index contributed by atoms with van der Waals surface area (Å²) < 4.78 is 5.54. The molecule has 1 aliphatic rings. The van der Waals surface area contributed by atoms with E-state index in [1.807, 2.05) is 55.5 Å². The predicted octanol–water partition coefficient (Wildman–Crippen LogP) is 3.78. The molecule has 1 unspecified atom stereocenters. The second-order valence-corrected chi connectivity index (χ2v) is 6.60. The van der Waals surface area contributed by atoms with Gasteiger partial charge in [0, 0.05) is 24.3 Å². The summed E-state index contributed by atoms with van der Waals surface area (Å²) in [5, 5.41) is 2.90. The first kappa shape index (κ1) is 18.0. The summed E-state index contributed by atoms with van der Waals surface area (Å²) in [6, 6.07) is 15.1. The van der Waals surface area contributed by atoms with Gasteiger partial charge in [0.2, 0.25) is 11.8 Å². The number of benzene rings is 2. The van der Waals surface area contributed by atoms with Gasteiger partial charge in [-0.25, -0.2) is 0 Å². The van der Waals surface area contributed by atoms with Crippen molar-refractivity contribution < 1.29 is 14.3 Å². The van der Waals surface area contributed by atoms with Gasteiger partial charge < -0.3 is 15.0 Å². The monoisotopic (exact) mass is 352 g/mol. The highest BCUT2D eigenvalue weighted by molar-refractivity contribution is 6.03. The fraction of sp³-hybridized carbons (Fsp3) is 0.333. The van der Waals surface area contributed by atoms with Gasteiger partial charge in [-0.05, 0) is 49.7 Å². The van der Waals surface area contributed by atoms with E-state index in [0.717, 1.165) is 23.4 Å². The van der Waals surface area contributed by atoms with Crippen molar-refractivity contribution in [3.63, 3.8) is 0 Å². The topological polar surface area (TPSA) is 58.6 Å². The van der Waals surface area contributed by atoms with Gasteiger partial charge in [0.1, 0.15) is 5.75 Å². The molecule has 136 valence electrons. The van der Waals surface area contributed by atoms with E-state index in [2.05, 4.69) is 12.2 Å². The van der Waals surface area contributed by atoms with Gasteiger partial charge in [0.05, 0.1) is 12.5 Å². The van der Waals surface area contributed by atoms with E-state index >= 15 is 0 Å². The number of aryl methyl sites for hydroxylation is 1. The van der Waals surface area contributed by atoms with E-state index < -0.39 is 0 Å². The summed E-state index contributed by atoms with van der Waals surface area (Å²) in [5.41, 5.74) is 2.69. The van der Waals surface area contributed by atoms with Crippen LogP contribution in [0, 0.1) is 12.8 Å². The van der Waals surface area contributed by atoms with Gasteiger partial charge in [0.25, 0.3) is 0 Å². The van der Waals surface area contributed by atoms with Crippen LogP contribution in [0.5, 0.6) is 5.75 Å². The Bertz CT molecular complexity index is 769. The third-order valence-electron chi connectivity index (χ3n) is 4.44. The van der Waals surface area contributed by atoms with Crippen molar-refractivity contribution in [2.75, 3.05) is 23.4 Å². The van der Waals surface area contributed by atoms with Gasteiger partial charge >= 0.3 is 0 Å². The van der Waals surface area contributed by atoms with Crippen LogP contribution in [0.4, 0.5) is 11.4 Å². The number of hydrogen-bond donors (Lipinski definition) is 1.